The molecule has 0 aliphatic heterocycles. The van der Waals surface area contributed by atoms with Gasteiger partial charge in [0.1, 0.15) is 0 Å². The third kappa shape index (κ3) is 2.35. The van der Waals surface area contributed by atoms with Crippen LogP contribution in [0, 0.1) is 4.77 Å². The van der Waals surface area contributed by atoms with Crippen molar-refractivity contribution in [1.29, 1.82) is 0 Å². The topological polar surface area (TPSA) is 37.8 Å². The number of rotatable bonds is 1. The first-order valence-corrected chi connectivity index (χ1v) is 5.29. The molecule has 0 spiro atoms. The average molecular weight is 272 g/mol. The Labute approximate surface area is 105 Å². The molecule has 2 rings (SSSR count). The van der Waals surface area contributed by atoms with Gasteiger partial charge >= 0.3 is 6.18 Å². The van der Waals surface area contributed by atoms with Crippen molar-refractivity contribution in [3.8, 4) is 5.69 Å². The third-order valence-electron chi connectivity index (χ3n) is 2.29. The largest absolute Gasteiger partial charge is 0.418 e. The number of hydrogen-bond acceptors (Lipinski definition) is 2. The average Bonchev–Trinajstić information content (AvgIpc) is 2.28. The van der Waals surface area contributed by atoms with E-state index in [0.29, 0.717) is 0 Å². The predicted molar refractivity (Wildman–Crippen MR) is 62.2 cm³/mol. The number of H-pyrrole nitrogens is 1. The van der Waals surface area contributed by atoms with Crippen LogP contribution in [0.3, 0.4) is 0 Å². The number of benzene rings is 1. The number of aromatic amines is 1. The van der Waals surface area contributed by atoms with Gasteiger partial charge in [-0.15, -0.1) is 0 Å². The van der Waals surface area contributed by atoms with Gasteiger partial charge in [0, 0.05) is 12.3 Å². The first-order valence-electron chi connectivity index (χ1n) is 4.88. The zero-order chi connectivity index (χ0) is 13.3. The van der Waals surface area contributed by atoms with Crippen molar-refractivity contribution in [3.05, 3.63) is 57.2 Å². The van der Waals surface area contributed by atoms with Gasteiger partial charge in [0.05, 0.1) is 11.3 Å². The summed E-state index contributed by atoms with van der Waals surface area (Å²) in [5.74, 6) is 0. The van der Waals surface area contributed by atoms with Gasteiger partial charge in [-0.1, -0.05) is 12.1 Å². The first kappa shape index (κ1) is 12.6. The molecule has 94 valence electrons. The van der Waals surface area contributed by atoms with E-state index in [0.717, 1.165) is 16.7 Å². The summed E-state index contributed by atoms with van der Waals surface area (Å²) in [7, 11) is 0. The van der Waals surface area contributed by atoms with E-state index in [1.54, 1.807) is 0 Å². The Morgan fingerprint density at radius 1 is 1.17 bits per heavy atom. The van der Waals surface area contributed by atoms with Gasteiger partial charge in [0.15, 0.2) is 4.77 Å². The van der Waals surface area contributed by atoms with Crippen LogP contribution >= 0.6 is 12.2 Å². The highest BCUT2D eigenvalue weighted by molar-refractivity contribution is 7.71. The lowest BCUT2D eigenvalue weighted by Gasteiger charge is -2.14. The molecule has 0 aliphatic rings. The summed E-state index contributed by atoms with van der Waals surface area (Å²) in [6, 6.07) is 6.13. The Bertz CT molecular complexity index is 687. The quantitative estimate of drug-likeness (QED) is 0.810. The summed E-state index contributed by atoms with van der Waals surface area (Å²) < 4.78 is 39.5. The van der Waals surface area contributed by atoms with E-state index in [2.05, 4.69) is 4.98 Å². The van der Waals surface area contributed by atoms with Crippen molar-refractivity contribution in [3.63, 3.8) is 0 Å². The van der Waals surface area contributed by atoms with Crippen LogP contribution in [0.5, 0.6) is 0 Å². The van der Waals surface area contributed by atoms with E-state index in [-0.39, 0.29) is 10.5 Å². The highest BCUT2D eigenvalue weighted by Crippen LogP contribution is 2.33. The Hall–Kier alpha value is -1.89. The summed E-state index contributed by atoms with van der Waals surface area (Å²) in [4.78, 5) is 13.3. The molecule has 0 bridgehead atoms. The summed E-state index contributed by atoms with van der Waals surface area (Å²) in [5.41, 5.74) is -1.39. The number of halogens is 3. The van der Waals surface area contributed by atoms with Crippen LogP contribution in [0.1, 0.15) is 5.56 Å². The van der Waals surface area contributed by atoms with E-state index in [4.69, 9.17) is 12.2 Å². The molecule has 0 radical (unpaired) electrons. The minimum atomic E-state index is -4.48. The fourth-order valence-corrected chi connectivity index (χ4v) is 1.79. The molecular formula is C11H7F3N2OS. The normalized spacial score (nSPS) is 11.5. The van der Waals surface area contributed by atoms with Crippen LogP contribution in [0.25, 0.3) is 5.69 Å². The molecule has 0 atom stereocenters. The lowest BCUT2D eigenvalue weighted by atomic mass is 10.1. The molecule has 1 aromatic carbocycles. The molecule has 1 N–H and O–H groups in total. The minimum Gasteiger partial charge on any atom is -0.299 e. The molecule has 0 saturated carbocycles. The molecule has 0 unspecified atom stereocenters. The number of para-hydroxylation sites is 1. The van der Waals surface area contributed by atoms with Gasteiger partial charge in [-0.25, -0.2) is 0 Å². The Kier molecular flexibility index (Phi) is 3.08. The summed E-state index contributed by atoms with van der Waals surface area (Å²) >= 11 is 4.84. The fourth-order valence-electron chi connectivity index (χ4n) is 1.53. The molecule has 0 fully saturated rings. The van der Waals surface area contributed by atoms with Crippen LogP contribution in [0.4, 0.5) is 13.2 Å². The molecule has 2 aromatic rings. The van der Waals surface area contributed by atoms with E-state index < -0.39 is 17.3 Å². The maximum atomic E-state index is 12.8. The van der Waals surface area contributed by atoms with E-state index in [1.165, 1.54) is 24.4 Å². The van der Waals surface area contributed by atoms with Gasteiger partial charge in [-0.2, -0.15) is 13.2 Å². The minimum absolute atomic E-state index is 0.0841. The standard InChI is InChI=1S/C11H7F3N2OS/c12-11(13,14)7-3-1-2-4-8(7)16-6-5-9(17)15-10(16)18/h1-6H,(H,15,17,18). The van der Waals surface area contributed by atoms with Gasteiger partial charge < -0.3 is 0 Å². The Balaban J connectivity index is 2.72. The van der Waals surface area contributed by atoms with Crippen LogP contribution in [-0.2, 0) is 6.18 Å². The fraction of sp³-hybridized carbons (Fsp3) is 0.0909. The second-order valence-corrected chi connectivity index (χ2v) is 3.88. The lowest BCUT2D eigenvalue weighted by molar-refractivity contribution is -0.137. The van der Waals surface area contributed by atoms with Crippen LogP contribution < -0.4 is 5.56 Å². The van der Waals surface area contributed by atoms with Crippen molar-refractivity contribution < 1.29 is 13.2 Å². The molecule has 0 saturated heterocycles. The summed E-state index contributed by atoms with van der Waals surface area (Å²) in [6.07, 6.45) is -3.27. The van der Waals surface area contributed by atoms with Crippen LogP contribution in [0.2, 0.25) is 0 Å². The van der Waals surface area contributed by atoms with E-state index >= 15 is 0 Å². The van der Waals surface area contributed by atoms with Crippen molar-refractivity contribution >= 4 is 12.2 Å². The second kappa shape index (κ2) is 4.41. The molecule has 1 aromatic heterocycles. The molecule has 1 heterocycles. The highest BCUT2D eigenvalue weighted by atomic mass is 32.1. The number of hydrogen-bond donors (Lipinski definition) is 1. The number of alkyl halides is 3. The van der Waals surface area contributed by atoms with Gasteiger partial charge in [-0.3, -0.25) is 14.3 Å². The van der Waals surface area contributed by atoms with Gasteiger partial charge in [0.2, 0.25) is 0 Å². The molecular weight excluding hydrogens is 265 g/mol. The Morgan fingerprint density at radius 3 is 2.44 bits per heavy atom. The smallest absolute Gasteiger partial charge is 0.299 e. The zero-order valence-electron chi connectivity index (χ0n) is 8.86. The zero-order valence-corrected chi connectivity index (χ0v) is 9.68. The van der Waals surface area contributed by atoms with Gasteiger partial charge in [-0.05, 0) is 24.4 Å². The highest BCUT2D eigenvalue weighted by Gasteiger charge is 2.33. The van der Waals surface area contributed by atoms with Crippen molar-refractivity contribution in [2.75, 3.05) is 0 Å². The second-order valence-electron chi connectivity index (χ2n) is 3.50. The SMILES string of the molecule is O=c1ccn(-c2ccccc2C(F)(F)F)c(=S)[nH]1. The summed E-state index contributed by atoms with van der Waals surface area (Å²) in [6.45, 7) is 0. The predicted octanol–water partition coefficient (Wildman–Crippen LogP) is 2.91. The van der Waals surface area contributed by atoms with Crippen LogP contribution in [0.15, 0.2) is 41.3 Å². The van der Waals surface area contributed by atoms with Gasteiger partial charge in [0.25, 0.3) is 5.56 Å². The van der Waals surface area contributed by atoms with Crippen molar-refractivity contribution in [1.82, 2.24) is 9.55 Å². The maximum Gasteiger partial charge on any atom is 0.418 e. The molecule has 0 aliphatic carbocycles. The molecule has 3 nitrogen and oxygen atoms in total. The number of nitrogens with one attached hydrogen (secondary N) is 1. The third-order valence-corrected chi connectivity index (χ3v) is 2.59. The number of nitrogens with zero attached hydrogens (tertiary/aromatic N) is 1. The molecule has 0 amide bonds. The van der Waals surface area contributed by atoms with E-state index in [1.807, 2.05) is 0 Å². The molecule has 18 heavy (non-hydrogen) atoms. The lowest BCUT2D eigenvalue weighted by Crippen LogP contribution is -2.14. The maximum absolute atomic E-state index is 12.8. The number of aromatic nitrogens is 2. The monoisotopic (exact) mass is 272 g/mol. The van der Waals surface area contributed by atoms with Crippen LogP contribution in [-0.4, -0.2) is 9.55 Å². The Morgan fingerprint density at radius 2 is 1.83 bits per heavy atom. The molecule has 7 heteroatoms. The van der Waals surface area contributed by atoms with Crippen molar-refractivity contribution in [2.45, 2.75) is 6.18 Å². The van der Waals surface area contributed by atoms with Crippen molar-refractivity contribution in [2.24, 2.45) is 0 Å². The first-order chi connectivity index (χ1) is 8.39. The van der Waals surface area contributed by atoms with E-state index in [9.17, 15) is 18.0 Å². The summed E-state index contributed by atoms with van der Waals surface area (Å²) in [5, 5.41) is 0.